The topological polar surface area (TPSA) is 136 Å². The number of ether oxygens (including phenoxy) is 1. The normalized spacial score (nSPS) is 28.7. The number of fused-ring (bicyclic) bond motifs is 2. The molecule has 1 aromatic carbocycles. The number of carbonyl (C=O) groups excluding carboxylic acids is 1. The van der Waals surface area contributed by atoms with E-state index in [-0.39, 0.29) is 4.90 Å². The number of anilines is 1. The molecule has 2 aliphatic heterocycles. The average Bonchev–Trinajstić information content (AvgIpc) is 3.07. The molecule has 1 amide bonds. The van der Waals surface area contributed by atoms with Gasteiger partial charge in [0.05, 0.1) is 23.0 Å². The Morgan fingerprint density at radius 3 is 2.17 bits per heavy atom. The lowest BCUT2D eigenvalue weighted by Gasteiger charge is -2.21. The third-order valence-corrected chi connectivity index (χ3v) is 4.87. The highest BCUT2D eigenvalue weighted by atomic mass is 32.2. The maximum atomic E-state index is 12.4. The summed E-state index contributed by atoms with van der Waals surface area (Å²) in [5.41, 5.74) is 0.346. The molecule has 2 aliphatic rings. The summed E-state index contributed by atoms with van der Waals surface area (Å²) in [6, 6.07) is 5.29. The summed E-state index contributed by atoms with van der Waals surface area (Å²) in [4.78, 5) is 23.6. The van der Waals surface area contributed by atoms with Gasteiger partial charge in [0.1, 0.15) is 5.92 Å². The molecule has 1 saturated heterocycles. The van der Waals surface area contributed by atoms with Crippen molar-refractivity contribution in [2.45, 2.75) is 17.1 Å². The van der Waals surface area contributed by atoms with Crippen LogP contribution < -0.4 is 10.5 Å². The van der Waals surface area contributed by atoms with Crippen LogP contribution in [0.15, 0.2) is 41.3 Å². The summed E-state index contributed by atoms with van der Waals surface area (Å²) in [6.07, 6.45) is 2.16. The number of amides is 1. The van der Waals surface area contributed by atoms with E-state index in [2.05, 4.69) is 5.32 Å². The third kappa shape index (κ3) is 2.85. The molecule has 4 unspecified atom stereocenters. The zero-order valence-corrected chi connectivity index (χ0v) is 12.6. The van der Waals surface area contributed by atoms with E-state index in [4.69, 9.17) is 9.88 Å². The Kier molecular flexibility index (Phi) is 3.71. The predicted octanol–water partition coefficient (Wildman–Crippen LogP) is -0.0733. The summed E-state index contributed by atoms with van der Waals surface area (Å²) in [6.45, 7) is 0. The average molecular weight is 338 g/mol. The predicted molar refractivity (Wildman–Crippen MR) is 78.9 cm³/mol. The van der Waals surface area contributed by atoms with E-state index in [0.29, 0.717) is 5.69 Å². The SMILES string of the molecule is NS(=O)(=O)c1ccc(NC(=O)C2C3C=CC(O3)C2C(=O)O)cc1. The summed E-state index contributed by atoms with van der Waals surface area (Å²) in [5.74, 6) is -3.35. The zero-order chi connectivity index (χ0) is 16.8. The summed E-state index contributed by atoms with van der Waals surface area (Å²) >= 11 is 0. The molecule has 1 fully saturated rings. The van der Waals surface area contributed by atoms with Crippen molar-refractivity contribution in [3.8, 4) is 0 Å². The second-order valence-corrected chi connectivity index (χ2v) is 6.96. The minimum Gasteiger partial charge on any atom is -0.481 e. The Morgan fingerprint density at radius 2 is 1.65 bits per heavy atom. The first-order valence-corrected chi connectivity index (χ1v) is 8.32. The molecule has 0 aromatic heterocycles. The molecule has 23 heavy (non-hydrogen) atoms. The Morgan fingerprint density at radius 1 is 1.09 bits per heavy atom. The molecule has 9 heteroatoms. The summed E-state index contributed by atoms with van der Waals surface area (Å²) in [5, 5.41) is 16.8. The largest absolute Gasteiger partial charge is 0.481 e. The quantitative estimate of drug-likeness (QED) is 0.657. The molecular formula is C14H14N2O6S. The number of primary sulfonamides is 1. The summed E-state index contributed by atoms with van der Waals surface area (Å²) < 4.78 is 27.8. The van der Waals surface area contributed by atoms with Gasteiger partial charge in [-0.15, -0.1) is 0 Å². The molecule has 0 saturated carbocycles. The van der Waals surface area contributed by atoms with Gasteiger partial charge in [-0.05, 0) is 24.3 Å². The number of hydrogen-bond acceptors (Lipinski definition) is 5. The minimum absolute atomic E-state index is 0.0786. The first kappa shape index (κ1) is 15.7. The molecule has 0 spiro atoms. The van der Waals surface area contributed by atoms with Crippen LogP contribution >= 0.6 is 0 Å². The molecule has 1 aromatic rings. The maximum absolute atomic E-state index is 12.4. The lowest BCUT2D eigenvalue weighted by molar-refractivity contribution is -0.145. The standard InChI is InChI=1S/C14H14N2O6S/c15-23(20,21)8-3-1-7(2-4-8)16-13(17)11-9-5-6-10(22-9)12(11)14(18)19/h1-6,9-12H,(H,16,17)(H,18,19)(H2,15,20,21). The third-order valence-electron chi connectivity index (χ3n) is 3.94. The fourth-order valence-electron chi connectivity index (χ4n) is 2.87. The number of nitrogens with one attached hydrogen (secondary N) is 1. The van der Waals surface area contributed by atoms with Crippen molar-refractivity contribution in [2.75, 3.05) is 5.32 Å². The van der Waals surface area contributed by atoms with Gasteiger partial charge in [0.25, 0.3) is 0 Å². The van der Waals surface area contributed by atoms with Crippen molar-refractivity contribution >= 4 is 27.6 Å². The van der Waals surface area contributed by atoms with Crippen molar-refractivity contribution in [1.82, 2.24) is 0 Å². The lowest BCUT2D eigenvalue weighted by atomic mass is 9.82. The van der Waals surface area contributed by atoms with Gasteiger partial charge in [-0.3, -0.25) is 9.59 Å². The molecule has 2 bridgehead atoms. The van der Waals surface area contributed by atoms with E-state index >= 15 is 0 Å². The van der Waals surface area contributed by atoms with E-state index in [1.807, 2.05) is 0 Å². The molecule has 4 atom stereocenters. The van der Waals surface area contributed by atoms with Crippen molar-refractivity contribution in [2.24, 2.45) is 17.0 Å². The molecule has 4 N–H and O–H groups in total. The van der Waals surface area contributed by atoms with Crippen molar-refractivity contribution < 1.29 is 27.9 Å². The number of carboxylic acids is 1. The number of rotatable bonds is 4. The number of hydrogen-bond donors (Lipinski definition) is 3. The van der Waals surface area contributed by atoms with Crippen LogP contribution in [0.3, 0.4) is 0 Å². The second kappa shape index (κ2) is 5.44. The highest BCUT2D eigenvalue weighted by molar-refractivity contribution is 7.89. The maximum Gasteiger partial charge on any atom is 0.310 e. The number of carbonyl (C=O) groups is 2. The smallest absolute Gasteiger partial charge is 0.310 e. The van der Waals surface area contributed by atoms with Crippen LogP contribution in [0, 0.1) is 11.8 Å². The van der Waals surface area contributed by atoms with E-state index in [1.165, 1.54) is 24.3 Å². The zero-order valence-electron chi connectivity index (χ0n) is 11.7. The van der Waals surface area contributed by atoms with Gasteiger partial charge in [0.15, 0.2) is 0 Å². The molecule has 2 heterocycles. The molecule has 8 nitrogen and oxygen atoms in total. The Hall–Kier alpha value is -2.23. The van der Waals surface area contributed by atoms with E-state index in [1.54, 1.807) is 12.2 Å². The van der Waals surface area contributed by atoms with Crippen molar-refractivity contribution in [3.63, 3.8) is 0 Å². The van der Waals surface area contributed by atoms with Crippen LogP contribution in [-0.2, 0) is 24.3 Å². The van der Waals surface area contributed by atoms with Gasteiger partial charge in [0.2, 0.25) is 15.9 Å². The van der Waals surface area contributed by atoms with Crippen LogP contribution in [0.25, 0.3) is 0 Å². The highest BCUT2D eigenvalue weighted by Crippen LogP contribution is 2.39. The fourth-order valence-corrected chi connectivity index (χ4v) is 3.38. The molecular weight excluding hydrogens is 324 g/mol. The number of nitrogens with two attached hydrogens (primary N) is 1. The van der Waals surface area contributed by atoms with Gasteiger partial charge < -0.3 is 15.2 Å². The van der Waals surface area contributed by atoms with E-state index in [9.17, 15) is 23.1 Å². The Balaban J connectivity index is 1.77. The Bertz CT molecular complexity index is 786. The van der Waals surface area contributed by atoms with Gasteiger partial charge in [-0.2, -0.15) is 0 Å². The number of aliphatic carboxylic acids is 1. The first-order valence-electron chi connectivity index (χ1n) is 6.78. The molecule has 0 aliphatic carbocycles. The van der Waals surface area contributed by atoms with Gasteiger partial charge >= 0.3 is 5.97 Å². The Labute approximate surface area is 132 Å². The summed E-state index contributed by atoms with van der Waals surface area (Å²) in [7, 11) is -3.81. The second-order valence-electron chi connectivity index (χ2n) is 5.40. The molecule has 122 valence electrons. The van der Waals surface area contributed by atoms with Crippen LogP contribution in [0.5, 0.6) is 0 Å². The fraction of sp³-hybridized carbons (Fsp3) is 0.286. The monoisotopic (exact) mass is 338 g/mol. The number of benzene rings is 1. The number of sulfonamides is 1. The van der Waals surface area contributed by atoms with Crippen molar-refractivity contribution in [3.05, 3.63) is 36.4 Å². The van der Waals surface area contributed by atoms with E-state index in [0.717, 1.165) is 0 Å². The van der Waals surface area contributed by atoms with Crippen LogP contribution in [0.4, 0.5) is 5.69 Å². The minimum atomic E-state index is -3.81. The van der Waals surface area contributed by atoms with E-state index < -0.39 is 45.9 Å². The van der Waals surface area contributed by atoms with Crippen LogP contribution in [0.1, 0.15) is 0 Å². The van der Waals surface area contributed by atoms with Gasteiger partial charge in [-0.25, -0.2) is 13.6 Å². The number of carboxylic acid groups (broad SMARTS) is 1. The first-order chi connectivity index (χ1) is 10.8. The van der Waals surface area contributed by atoms with Gasteiger partial charge in [0, 0.05) is 5.69 Å². The van der Waals surface area contributed by atoms with Gasteiger partial charge in [-0.1, -0.05) is 12.2 Å². The molecule has 0 radical (unpaired) electrons. The van der Waals surface area contributed by atoms with Crippen LogP contribution in [-0.4, -0.2) is 37.6 Å². The molecule has 3 rings (SSSR count). The lowest BCUT2D eigenvalue weighted by Crippen LogP contribution is -2.39. The van der Waals surface area contributed by atoms with Crippen molar-refractivity contribution in [1.29, 1.82) is 0 Å². The van der Waals surface area contributed by atoms with Crippen LogP contribution in [0.2, 0.25) is 0 Å². The highest BCUT2D eigenvalue weighted by Gasteiger charge is 2.53.